The van der Waals surface area contributed by atoms with Crippen molar-refractivity contribution >= 4 is 11.8 Å². The molecular formula is C21H28FN5. The molecule has 2 aromatic rings. The SMILES string of the molecule is CN=C(NCc1ccnc(N2CCCCC2)c1)NCc1ccc(C)c(F)c1. The van der Waals surface area contributed by atoms with Crippen LogP contribution in [0.2, 0.25) is 0 Å². The maximum atomic E-state index is 13.7. The van der Waals surface area contributed by atoms with Crippen molar-refractivity contribution in [1.29, 1.82) is 0 Å². The Balaban J connectivity index is 1.53. The predicted octanol–water partition coefficient (Wildman–Crippen LogP) is 3.38. The first kappa shape index (κ1) is 19.1. The van der Waals surface area contributed by atoms with Crippen molar-refractivity contribution in [2.45, 2.75) is 39.3 Å². The number of nitrogens with one attached hydrogen (secondary N) is 2. The topological polar surface area (TPSA) is 52.6 Å². The zero-order valence-electron chi connectivity index (χ0n) is 16.1. The number of benzene rings is 1. The second-order valence-electron chi connectivity index (χ2n) is 6.93. The van der Waals surface area contributed by atoms with Gasteiger partial charge in [0.15, 0.2) is 5.96 Å². The molecule has 3 rings (SSSR count). The van der Waals surface area contributed by atoms with Gasteiger partial charge in [-0.25, -0.2) is 9.37 Å². The number of hydrogen-bond donors (Lipinski definition) is 2. The maximum Gasteiger partial charge on any atom is 0.191 e. The Labute approximate surface area is 160 Å². The summed E-state index contributed by atoms with van der Waals surface area (Å²) in [4.78, 5) is 11.1. The number of pyridine rings is 1. The summed E-state index contributed by atoms with van der Waals surface area (Å²) in [5.41, 5.74) is 2.70. The molecule has 6 heteroatoms. The first-order valence-corrected chi connectivity index (χ1v) is 9.55. The van der Waals surface area contributed by atoms with Gasteiger partial charge in [0.1, 0.15) is 11.6 Å². The molecule has 27 heavy (non-hydrogen) atoms. The molecule has 2 N–H and O–H groups in total. The molecule has 1 aromatic carbocycles. The van der Waals surface area contributed by atoms with Gasteiger partial charge in [-0.15, -0.1) is 0 Å². The van der Waals surface area contributed by atoms with E-state index in [9.17, 15) is 4.39 Å². The molecule has 0 spiro atoms. The molecule has 0 saturated carbocycles. The van der Waals surface area contributed by atoms with Crippen LogP contribution < -0.4 is 15.5 Å². The van der Waals surface area contributed by atoms with Crippen LogP contribution in [-0.4, -0.2) is 31.1 Å². The Bertz CT molecular complexity index is 784. The third-order valence-electron chi connectivity index (χ3n) is 4.87. The molecule has 5 nitrogen and oxygen atoms in total. The lowest BCUT2D eigenvalue weighted by Crippen LogP contribution is -2.36. The smallest absolute Gasteiger partial charge is 0.191 e. The summed E-state index contributed by atoms with van der Waals surface area (Å²) in [7, 11) is 1.73. The van der Waals surface area contributed by atoms with Gasteiger partial charge in [0.2, 0.25) is 0 Å². The fourth-order valence-corrected chi connectivity index (χ4v) is 3.20. The zero-order valence-corrected chi connectivity index (χ0v) is 16.1. The summed E-state index contributed by atoms with van der Waals surface area (Å²) in [5.74, 6) is 1.55. The predicted molar refractivity (Wildman–Crippen MR) is 108 cm³/mol. The van der Waals surface area contributed by atoms with E-state index in [0.29, 0.717) is 24.6 Å². The van der Waals surface area contributed by atoms with E-state index in [1.54, 1.807) is 26.1 Å². The number of nitrogens with zero attached hydrogens (tertiary/aromatic N) is 3. The number of halogens is 1. The lowest BCUT2D eigenvalue weighted by molar-refractivity contribution is 0.573. The molecule has 1 fully saturated rings. The minimum absolute atomic E-state index is 0.181. The van der Waals surface area contributed by atoms with Gasteiger partial charge in [-0.2, -0.15) is 0 Å². The number of aliphatic imine (C=N–C) groups is 1. The quantitative estimate of drug-likeness (QED) is 0.627. The van der Waals surface area contributed by atoms with Crippen LogP contribution in [-0.2, 0) is 13.1 Å². The van der Waals surface area contributed by atoms with Gasteiger partial charge >= 0.3 is 0 Å². The van der Waals surface area contributed by atoms with E-state index in [0.717, 1.165) is 30.0 Å². The number of aromatic nitrogens is 1. The van der Waals surface area contributed by atoms with Gasteiger partial charge in [-0.05, 0) is 61.1 Å². The van der Waals surface area contributed by atoms with Crippen LogP contribution in [0.4, 0.5) is 10.2 Å². The van der Waals surface area contributed by atoms with Crippen LogP contribution in [0.3, 0.4) is 0 Å². The monoisotopic (exact) mass is 369 g/mol. The molecule has 0 amide bonds. The summed E-state index contributed by atoms with van der Waals surface area (Å²) >= 11 is 0. The zero-order chi connectivity index (χ0) is 19.1. The number of anilines is 1. The van der Waals surface area contributed by atoms with Gasteiger partial charge in [-0.3, -0.25) is 4.99 Å². The maximum absolute atomic E-state index is 13.7. The minimum atomic E-state index is -0.181. The number of guanidine groups is 1. The molecule has 0 radical (unpaired) electrons. The van der Waals surface area contributed by atoms with Crippen LogP contribution in [0.5, 0.6) is 0 Å². The Morgan fingerprint density at radius 1 is 1.07 bits per heavy atom. The Kier molecular flexibility index (Phi) is 6.63. The highest BCUT2D eigenvalue weighted by Gasteiger charge is 2.12. The van der Waals surface area contributed by atoms with E-state index in [-0.39, 0.29) is 5.82 Å². The first-order valence-electron chi connectivity index (χ1n) is 9.55. The lowest BCUT2D eigenvalue weighted by Gasteiger charge is -2.28. The van der Waals surface area contributed by atoms with Gasteiger partial charge in [0.05, 0.1) is 0 Å². The molecule has 0 aliphatic carbocycles. The molecular weight excluding hydrogens is 341 g/mol. The highest BCUT2D eigenvalue weighted by atomic mass is 19.1. The van der Waals surface area contributed by atoms with Crippen LogP contribution in [0.1, 0.15) is 36.0 Å². The normalized spacial score (nSPS) is 14.9. The standard InChI is InChI=1S/C21H28FN5/c1-16-6-7-17(12-19(16)22)14-25-21(23-2)26-15-18-8-9-24-20(13-18)27-10-4-3-5-11-27/h6-9,12-13H,3-5,10-11,14-15H2,1-2H3,(H2,23,25,26). The number of piperidine rings is 1. The highest BCUT2D eigenvalue weighted by Crippen LogP contribution is 2.18. The van der Waals surface area contributed by atoms with Crippen LogP contribution in [0.15, 0.2) is 41.5 Å². The van der Waals surface area contributed by atoms with E-state index in [1.165, 1.54) is 19.3 Å². The summed E-state index contributed by atoms with van der Waals surface area (Å²) in [5, 5.41) is 6.54. The summed E-state index contributed by atoms with van der Waals surface area (Å²) < 4.78 is 13.7. The molecule has 0 unspecified atom stereocenters. The highest BCUT2D eigenvalue weighted by molar-refractivity contribution is 5.79. The third kappa shape index (κ3) is 5.42. The Hall–Kier alpha value is -2.63. The van der Waals surface area contributed by atoms with Crippen molar-refractivity contribution in [2.24, 2.45) is 4.99 Å². The third-order valence-corrected chi connectivity index (χ3v) is 4.87. The summed E-state index contributed by atoms with van der Waals surface area (Å²) in [6.45, 7) is 5.11. The number of aryl methyl sites for hydroxylation is 1. The fraction of sp³-hybridized carbons (Fsp3) is 0.429. The molecule has 1 aliphatic heterocycles. The molecule has 1 saturated heterocycles. The van der Waals surface area contributed by atoms with Crippen LogP contribution >= 0.6 is 0 Å². The number of hydrogen-bond acceptors (Lipinski definition) is 3. The molecule has 2 heterocycles. The molecule has 1 aromatic heterocycles. The van der Waals surface area contributed by atoms with Gasteiger partial charge in [0, 0.05) is 39.4 Å². The second-order valence-corrected chi connectivity index (χ2v) is 6.93. The van der Waals surface area contributed by atoms with Crippen molar-refractivity contribution in [2.75, 3.05) is 25.0 Å². The van der Waals surface area contributed by atoms with E-state index in [4.69, 9.17) is 0 Å². The van der Waals surface area contributed by atoms with Crippen molar-refractivity contribution in [1.82, 2.24) is 15.6 Å². The van der Waals surface area contributed by atoms with E-state index >= 15 is 0 Å². The fourth-order valence-electron chi connectivity index (χ4n) is 3.20. The van der Waals surface area contributed by atoms with E-state index in [2.05, 4.69) is 31.6 Å². The summed E-state index contributed by atoms with van der Waals surface area (Å²) in [6, 6.07) is 9.43. The number of rotatable bonds is 5. The molecule has 1 aliphatic rings. The first-order chi connectivity index (χ1) is 13.2. The largest absolute Gasteiger partial charge is 0.357 e. The van der Waals surface area contributed by atoms with Gasteiger partial charge in [-0.1, -0.05) is 12.1 Å². The minimum Gasteiger partial charge on any atom is -0.357 e. The van der Waals surface area contributed by atoms with Crippen molar-refractivity contribution in [3.8, 4) is 0 Å². The molecule has 144 valence electrons. The van der Waals surface area contributed by atoms with Gasteiger partial charge < -0.3 is 15.5 Å². The van der Waals surface area contributed by atoms with Gasteiger partial charge in [0.25, 0.3) is 0 Å². The van der Waals surface area contributed by atoms with Crippen molar-refractivity contribution in [3.63, 3.8) is 0 Å². The molecule has 0 atom stereocenters. The second kappa shape index (κ2) is 9.35. The van der Waals surface area contributed by atoms with E-state index < -0.39 is 0 Å². The Morgan fingerprint density at radius 2 is 1.78 bits per heavy atom. The molecule has 0 bridgehead atoms. The van der Waals surface area contributed by atoms with Crippen molar-refractivity contribution in [3.05, 3.63) is 59.0 Å². The average Bonchev–Trinajstić information content (AvgIpc) is 2.71. The average molecular weight is 369 g/mol. The van der Waals surface area contributed by atoms with Crippen LogP contribution in [0.25, 0.3) is 0 Å². The lowest BCUT2D eigenvalue weighted by atomic mass is 10.1. The summed E-state index contributed by atoms with van der Waals surface area (Å²) in [6.07, 6.45) is 5.65. The van der Waals surface area contributed by atoms with E-state index in [1.807, 2.05) is 18.3 Å². The van der Waals surface area contributed by atoms with Crippen molar-refractivity contribution < 1.29 is 4.39 Å². The Morgan fingerprint density at radius 3 is 2.44 bits per heavy atom. The van der Waals surface area contributed by atoms with Crippen LogP contribution in [0, 0.1) is 12.7 Å².